The van der Waals surface area contributed by atoms with E-state index >= 15 is 0 Å². The Morgan fingerprint density at radius 3 is 2.39 bits per heavy atom. The first-order chi connectivity index (χ1) is 14.7. The molecule has 0 radical (unpaired) electrons. The molecule has 0 bridgehead atoms. The fraction of sp³-hybridized carbons (Fsp3) is 0.963. The van der Waals surface area contributed by atoms with Gasteiger partial charge in [0.05, 0.1) is 19.3 Å². The summed E-state index contributed by atoms with van der Waals surface area (Å²) in [5, 5.41) is 22.2. The fourth-order valence-corrected chi connectivity index (χ4v) is 9.58. The van der Waals surface area contributed by atoms with Crippen LogP contribution in [0.1, 0.15) is 91.9 Å². The van der Waals surface area contributed by atoms with Gasteiger partial charge in [-0.05, 0) is 104 Å². The Kier molecular flexibility index (Phi) is 6.55. The summed E-state index contributed by atoms with van der Waals surface area (Å²) in [6, 6.07) is 0. The number of fused-ring (bicyclic) bond motifs is 5. The van der Waals surface area contributed by atoms with E-state index in [4.69, 9.17) is 4.74 Å². The van der Waals surface area contributed by atoms with E-state index in [1.807, 2.05) is 0 Å². The van der Waals surface area contributed by atoms with E-state index in [1.54, 1.807) is 0 Å². The maximum Gasteiger partial charge on any atom is 0.305 e. The van der Waals surface area contributed by atoms with Crippen molar-refractivity contribution in [3.8, 4) is 0 Å². The molecule has 0 aromatic rings. The molecule has 4 nitrogen and oxygen atoms in total. The Balaban J connectivity index is 1.58. The predicted molar refractivity (Wildman–Crippen MR) is 122 cm³/mol. The largest absolute Gasteiger partial charge is 0.469 e. The average molecular weight is 435 g/mol. The van der Waals surface area contributed by atoms with Crippen molar-refractivity contribution < 1.29 is 19.7 Å². The Bertz CT molecular complexity index is 664. The Labute approximate surface area is 189 Å². The van der Waals surface area contributed by atoms with Gasteiger partial charge in [0, 0.05) is 6.42 Å². The highest BCUT2D eigenvalue weighted by Crippen LogP contribution is 2.69. The Morgan fingerprint density at radius 2 is 1.71 bits per heavy atom. The van der Waals surface area contributed by atoms with Crippen LogP contribution in [0.2, 0.25) is 0 Å². The minimum absolute atomic E-state index is 0.0952. The molecule has 0 aliphatic heterocycles. The first-order valence-corrected chi connectivity index (χ1v) is 13.1. The highest BCUT2D eigenvalue weighted by atomic mass is 16.5. The molecule has 31 heavy (non-hydrogen) atoms. The highest BCUT2D eigenvalue weighted by Gasteiger charge is 2.64. The van der Waals surface area contributed by atoms with Crippen molar-refractivity contribution in [1.29, 1.82) is 0 Å². The molecular formula is C27H46O4. The lowest BCUT2D eigenvalue weighted by molar-refractivity contribution is -0.203. The molecule has 11 atom stereocenters. The lowest BCUT2D eigenvalue weighted by Crippen LogP contribution is -2.62. The molecule has 0 aromatic carbocycles. The van der Waals surface area contributed by atoms with Crippen LogP contribution >= 0.6 is 0 Å². The van der Waals surface area contributed by atoms with Crippen LogP contribution in [0.15, 0.2) is 0 Å². The smallest absolute Gasteiger partial charge is 0.305 e. The number of carbonyl (C=O) groups excluding carboxylic acids is 1. The van der Waals surface area contributed by atoms with Crippen LogP contribution in [0.4, 0.5) is 0 Å². The van der Waals surface area contributed by atoms with Crippen LogP contribution in [0.25, 0.3) is 0 Å². The fourth-order valence-electron chi connectivity index (χ4n) is 9.58. The normalized spacial score (nSPS) is 50.2. The molecular weight excluding hydrogens is 388 g/mol. The van der Waals surface area contributed by atoms with Crippen LogP contribution in [0, 0.1) is 52.3 Å². The van der Waals surface area contributed by atoms with Gasteiger partial charge in [0.25, 0.3) is 0 Å². The molecule has 0 heterocycles. The third-order valence-corrected chi connectivity index (χ3v) is 11.2. The lowest BCUT2D eigenvalue weighted by atomic mass is 9.41. The first-order valence-electron chi connectivity index (χ1n) is 13.1. The molecule has 4 saturated carbocycles. The number of aliphatic hydroxyl groups excluding tert-OH is 2. The van der Waals surface area contributed by atoms with Gasteiger partial charge >= 0.3 is 5.97 Å². The minimum Gasteiger partial charge on any atom is -0.469 e. The molecule has 0 amide bonds. The SMILES string of the molecule is CC[C@@H]1C2C[C@H](O)CC[C@]2(C)C2CC[C@@]3(C)C(CC[C@@H]3[C@H](C)CCC(=O)OC)[C@@H]2[C@@H]1O. The van der Waals surface area contributed by atoms with Gasteiger partial charge in [-0.2, -0.15) is 0 Å². The molecule has 0 saturated heterocycles. The van der Waals surface area contributed by atoms with Crippen LogP contribution in [-0.2, 0) is 9.53 Å². The Hall–Kier alpha value is -0.610. The van der Waals surface area contributed by atoms with Crippen LogP contribution < -0.4 is 0 Å². The van der Waals surface area contributed by atoms with E-state index in [0.717, 1.165) is 32.1 Å². The zero-order valence-corrected chi connectivity index (χ0v) is 20.5. The molecule has 2 N–H and O–H groups in total. The number of ether oxygens (including phenoxy) is 1. The zero-order valence-electron chi connectivity index (χ0n) is 20.5. The molecule has 0 spiro atoms. The second kappa shape index (κ2) is 8.63. The molecule has 178 valence electrons. The summed E-state index contributed by atoms with van der Waals surface area (Å²) in [6.45, 7) is 9.58. The second-order valence-electron chi connectivity index (χ2n) is 12.2. The lowest BCUT2D eigenvalue weighted by Gasteiger charge is -2.64. The minimum atomic E-state index is -0.230. The van der Waals surface area contributed by atoms with Crippen LogP contribution in [0.3, 0.4) is 0 Å². The molecule has 4 rings (SSSR count). The number of rotatable bonds is 5. The van der Waals surface area contributed by atoms with Crippen LogP contribution in [-0.4, -0.2) is 35.5 Å². The summed E-state index contributed by atoms with van der Waals surface area (Å²) in [7, 11) is 1.48. The monoisotopic (exact) mass is 434 g/mol. The third kappa shape index (κ3) is 3.68. The van der Waals surface area contributed by atoms with Crippen molar-refractivity contribution in [2.75, 3.05) is 7.11 Å². The average Bonchev–Trinajstić information content (AvgIpc) is 3.10. The molecule has 4 aliphatic carbocycles. The van der Waals surface area contributed by atoms with Gasteiger partial charge in [0.2, 0.25) is 0 Å². The highest BCUT2D eigenvalue weighted by molar-refractivity contribution is 5.69. The number of hydrogen-bond acceptors (Lipinski definition) is 4. The van der Waals surface area contributed by atoms with Crippen molar-refractivity contribution in [2.45, 2.75) is 104 Å². The molecule has 3 unspecified atom stereocenters. The van der Waals surface area contributed by atoms with Gasteiger partial charge < -0.3 is 14.9 Å². The van der Waals surface area contributed by atoms with Gasteiger partial charge in [-0.3, -0.25) is 4.79 Å². The molecule has 4 fully saturated rings. The Morgan fingerprint density at radius 1 is 1.03 bits per heavy atom. The molecule has 0 aromatic heterocycles. The number of esters is 1. The van der Waals surface area contributed by atoms with E-state index in [0.29, 0.717) is 47.8 Å². The van der Waals surface area contributed by atoms with E-state index in [1.165, 1.54) is 32.8 Å². The maximum absolute atomic E-state index is 11.8. The summed E-state index contributed by atoms with van der Waals surface area (Å²) in [5.41, 5.74) is 0.535. The maximum atomic E-state index is 11.8. The summed E-state index contributed by atoms with van der Waals surface area (Å²) in [4.78, 5) is 11.7. The topological polar surface area (TPSA) is 66.8 Å². The summed E-state index contributed by atoms with van der Waals surface area (Å²) in [6.07, 6.45) is 9.87. The van der Waals surface area contributed by atoms with Gasteiger partial charge in [-0.15, -0.1) is 0 Å². The van der Waals surface area contributed by atoms with E-state index < -0.39 is 0 Å². The van der Waals surface area contributed by atoms with E-state index in [9.17, 15) is 15.0 Å². The zero-order chi connectivity index (χ0) is 22.6. The summed E-state index contributed by atoms with van der Waals surface area (Å²) in [5.74, 6) is 3.41. The number of hydrogen-bond donors (Lipinski definition) is 2. The van der Waals surface area contributed by atoms with Crippen molar-refractivity contribution in [1.82, 2.24) is 0 Å². The molecule has 4 heteroatoms. The van der Waals surface area contributed by atoms with Crippen LogP contribution in [0.5, 0.6) is 0 Å². The van der Waals surface area contributed by atoms with Crippen molar-refractivity contribution in [2.24, 2.45) is 52.3 Å². The number of carbonyl (C=O) groups is 1. The van der Waals surface area contributed by atoms with Gasteiger partial charge in [-0.25, -0.2) is 0 Å². The van der Waals surface area contributed by atoms with Crippen molar-refractivity contribution in [3.05, 3.63) is 0 Å². The second-order valence-corrected chi connectivity index (χ2v) is 12.2. The van der Waals surface area contributed by atoms with E-state index in [2.05, 4.69) is 27.7 Å². The van der Waals surface area contributed by atoms with E-state index in [-0.39, 0.29) is 29.0 Å². The van der Waals surface area contributed by atoms with Crippen molar-refractivity contribution in [3.63, 3.8) is 0 Å². The van der Waals surface area contributed by atoms with Gasteiger partial charge in [0.15, 0.2) is 0 Å². The quantitative estimate of drug-likeness (QED) is 0.584. The number of aliphatic hydroxyl groups is 2. The summed E-state index contributed by atoms with van der Waals surface area (Å²) < 4.78 is 4.88. The van der Waals surface area contributed by atoms with Gasteiger partial charge in [-0.1, -0.05) is 34.1 Å². The third-order valence-electron chi connectivity index (χ3n) is 11.2. The van der Waals surface area contributed by atoms with Crippen molar-refractivity contribution >= 4 is 5.97 Å². The standard InChI is InChI=1S/C27H46O4/c1-6-18-22-15-17(28)11-13-27(22,4)21-12-14-26(3)19(16(2)7-10-23(29)31-5)8-9-20(26)24(21)25(18)30/h16-22,24-25,28,30H,6-15H2,1-5H3/t16-,17-,18-,19-,20?,21?,22?,24+,25-,26-,27-/m1/s1. The number of methoxy groups -OCH3 is 1. The predicted octanol–water partition coefficient (Wildman–Crippen LogP) is 5.20. The summed E-state index contributed by atoms with van der Waals surface area (Å²) >= 11 is 0. The molecule has 4 aliphatic rings. The van der Waals surface area contributed by atoms with Gasteiger partial charge in [0.1, 0.15) is 0 Å². The first kappa shape index (κ1) is 23.5.